The van der Waals surface area contributed by atoms with Crippen LogP contribution in [-0.2, 0) is 7.05 Å². The molecule has 0 atom stereocenters. The minimum Gasteiger partial charge on any atom is -0.349 e. The van der Waals surface area contributed by atoms with E-state index in [0.29, 0.717) is 0 Å². The van der Waals surface area contributed by atoms with Crippen molar-refractivity contribution in [1.82, 2.24) is 4.57 Å². The van der Waals surface area contributed by atoms with E-state index in [9.17, 15) is 4.79 Å². The van der Waals surface area contributed by atoms with Gasteiger partial charge in [0.25, 0.3) is 0 Å². The van der Waals surface area contributed by atoms with Gasteiger partial charge in [-0.15, -0.1) is 0 Å². The highest BCUT2D eigenvalue weighted by Crippen LogP contribution is 2.24. The van der Waals surface area contributed by atoms with Gasteiger partial charge in [-0.05, 0) is 28.7 Å². The maximum Gasteiger partial charge on any atom is 0.152 e. The van der Waals surface area contributed by atoms with Gasteiger partial charge in [-0.3, -0.25) is 4.79 Å². The van der Waals surface area contributed by atoms with Gasteiger partial charge in [-0.2, -0.15) is 0 Å². The van der Waals surface area contributed by atoms with E-state index in [4.69, 9.17) is 0 Å². The summed E-state index contributed by atoms with van der Waals surface area (Å²) in [6, 6.07) is 5.78. The van der Waals surface area contributed by atoms with E-state index >= 15 is 0 Å². The molecule has 1 heterocycles. The number of halogens is 1. The zero-order valence-electron chi connectivity index (χ0n) is 7.12. The molecule has 0 amide bonds. The van der Waals surface area contributed by atoms with Crippen molar-refractivity contribution in [1.29, 1.82) is 0 Å². The summed E-state index contributed by atoms with van der Waals surface area (Å²) in [5, 5.41) is 1.15. The number of hydrogen-bond donors (Lipinski definition) is 0. The third-order valence-electron chi connectivity index (χ3n) is 2.11. The van der Waals surface area contributed by atoms with E-state index in [0.717, 1.165) is 22.8 Å². The van der Waals surface area contributed by atoms with Crippen molar-refractivity contribution in [3.05, 3.63) is 33.5 Å². The smallest absolute Gasteiger partial charge is 0.152 e. The highest BCUT2D eigenvalue weighted by molar-refractivity contribution is 14.1. The van der Waals surface area contributed by atoms with E-state index in [1.54, 1.807) is 0 Å². The summed E-state index contributed by atoms with van der Waals surface area (Å²) in [5.41, 5.74) is 1.77. The highest BCUT2D eigenvalue weighted by Gasteiger charge is 2.06. The molecule has 3 heteroatoms. The molecule has 0 radical (unpaired) electrons. The second kappa shape index (κ2) is 3.14. The van der Waals surface area contributed by atoms with Crippen LogP contribution in [0.3, 0.4) is 0 Å². The molecule has 1 aromatic heterocycles. The van der Waals surface area contributed by atoms with Crippen molar-refractivity contribution in [3.8, 4) is 0 Å². The maximum atomic E-state index is 10.8. The van der Waals surface area contributed by atoms with Crippen molar-refractivity contribution in [2.75, 3.05) is 0 Å². The average Bonchev–Trinajstić information content (AvgIpc) is 2.43. The fraction of sp³-hybridized carbons (Fsp3) is 0.100. The molecule has 66 valence electrons. The Hall–Kier alpha value is -0.840. The predicted octanol–water partition coefficient (Wildman–Crippen LogP) is 2.60. The summed E-state index contributed by atoms with van der Waals surface area (Å²) < 4.78 is 3.17. The van der Waals surface area contributed by atoms with Gasteiger partial charge < -0.3 is 4.57 Å². The van der Waals surface area contributed by atoms with Crippen LogP contribution >= 0.6 is 22.6 Å². The second-order valence-corrected chi connectivity index (χ2v) is 4.11. The number of hydrogen-bond acceptors (Lipinski definition) is 1. The first-order valence-electron chi connectivity index (χ1n) is 3.93. The zero-order valence-corrected chi connectivity index (χ0v) is 9.28. The van der Waals surface area contributed by atoms with E-state index in [1.807, 2.05) is 36.0 Å². The Labute approximate surface area is 89.7 Å². The number of nitrogens with zero attached hydrogens (tertiary/aromatic N) is 1. The molecule has 0 aliphatic carbocycles. The molecule has 0 fully saturated rings. The van der Waals surface area contributed by atoms with E-state index in [-0.39, 0.29) is 0 Å². The minimum atomic E-state index is 0.753. The lowest BCUT2D eigenvalue weighted by Gasteiger charge is -1.98. The van der Waals surface area contributed by atoms with Crippen molar-refractivity contribution in [2.45, 2.75) is 0 Å². The van der Waals surface area contributed by atoms with Crippen LogP contribution in [0.25, 0.3) is 10.9 Å². The topological polar surface area (TPSA) is 22.0 Å². The number of carbonyl (C=O) groups is 1. The molecule has 0 unspecified atom stereocenters. The molecule has 0 bridgehead atoms. The molecular formula is C10H8INO. The molecule has 0 saturated carbocycles. The normalized spacial score (nSPS) is 10.6. The predicted molar refractivity (Wildman–Crippen MR) is 61.0 cm³/mol. The molecule has 2 rings (SSSR count). The fourth-order valence-corrected chi connectivity index (χ4v) is 2.40. The Balaban J connectivity index is 2.96. The largest absolute Gasteiger partial charge is 0.349 e. The van der Waals surface area contributed by atoms with E-state index in [1.165, 1.54) is 3.57 Å². The summed E-state index contributed by atoms with van der Waals surface area (Å²) in [4.78, 5) is 10.8. The third-order valence-corrected chi connectivity index (χ3v) is 2.97. The Morgan fingerprint density at radius 1 is 1.46 bits per heavy atom. The molecule has 0 aliphatic heterocycles. The average molecular weight is 285 g/mol. The van der Waals surface area contributed by atoms with Crippen LogP contribution < -0.4 is 0 Å². The molecule has 2 nitrogen and oxygen atoms in total. The summed E-state index contributed by atoms with van der Waals surface area (Å²) in [7, 11) is 1.96. The number of aldehydes is 1. The van der Waals surface area contributed by atoms with Crippen LogP contribution in [0.1, 0.15) is 10.4 Å². The Morgan fingerprint density at radius 2 is 2.23 bits per heavy atom. The number of aryl methyl sites for hydroxylation is 1. The van der Waals surface area contributed by atoms with Gasteiger partial charge in [-0.1, -0.05) is 12.1 Å². The van der Waals surface area contributed by atoms with Crippen molar-refractivity contribution in [3.63, 3.8) is 0 Å². The number of benzene rings is 1. The Morgan fingerprint density at radius 3 is 2.92 bits per heavy atom. The molecule has 1 aromatic carbocycles. The standard InChI is InChI=1S/C10H8INO/c1-12-5-9(11)8-4-2-3-7(6-13)10(8)12/h2-6H,1H3. The zero-order chi connectivity index (χ0) is 9.42. The number of fused-ring (bicyclic) bond motifs is 1. The number of carbonyl (C=O) groups excluding carboxylic acids is 1. The molecule has 0 N–H and O–H groups in total. The highest BCUT2D eigenvalue weighted by atomic mass is 127. The van der Waals surface area contributed by atoms with Gasteiger partial charge in [0.2, 0.25) is 0 Å². The Bertz CT molecular complexity index is 473. The van der Waals surface area contributed by atoms with Gasteiger partial charge >= 0.3 is 0 Å². The van der Waals surface area contributed by atoms with Crippen molar-refractivity contribution >= 4 is 39.8 Å². The molecule has 13 heavy (non-hydrogen) atoms. The van der Waals surface area contributed by atoms with Crippen molar-refractivity contribution in [2.24, 2.45) is 7.05 Å². The third kappa shape index (κ3) is 1.27. The van der Waals surface area contributed by atoms with Gasteiger partial charge in [0.15, 0.2) is 6.29 Å². The van der Waals surface area contributed by atoms with Crippen molar-refractivity contribution < 1.29 is 4.79 Å². The lowest BCUT2D eigenvalue weighted by atomic mass is 10.2. The quantitative estimate of drug-likeness (QED) is 0.583. The fourth-order valence-electron chi connectivity index (χ4n) is 1.55. The van der Waals surface area contributed by atoms with Crippen LogP contribution in [0.5, 0.6) is 0 Å². The van der Waals surface area contributed by atoms with Crippen LogP contribution in [-0.4, -0.2) is 10.9 Å². The van der Waals surface area contributed by atoms with Crippen LogP contribution in [0.4, 0.5) is 0 Å². The summed E-state index contributed by atoms with van der Waals surface area (Å²) in [6.07, 6.45) is 2.93. The second-order valence-electron chi connectivity index (χ2n) is 2.95. The molecule has 0 aliphatic rings. The number of rotatable bonds is 1. The number of aromatic nitrogens is 1. The van der Waals surface area contributed by atoms with Crippen LogP contribution in [0, 0.1) is 3.57 Å². The lowest BCUT2D eigenvalue weighted by molar-refractivity contribution is 0.112. The van der Waals surface area contributed by atoms with Crippen LogP contribution in [0.2, 0.25) is 0 Å². The summed E-state index contributed by atoms with van der Waals surface area (Å²) >= 11 is 2.28. The monoisotopic (exact) mass is 285 g/mol. The van der Waals surface area contributed by atoms with E-state index in [2.05, 4.69) is 22.6 Å². The van der Waals surface area contributed by atoms with Gasteiger partial charge in [0, 0.05) is 27.8 Å². The molecule has 0 saturated heterocycles. The van der Waals surface area contributed by atoms with Crippen LogP contribution in [0.15, 0.2) is 24.4 Å². The first-order valence-corrected chi connectivity index (χ1v) is 5.00. The maximum absolute atomic E-state index is 10.8. The summed E-state index contributed by atoms with van der Waals surface area (Å²) in [6.45, 7) is 0. The first-order chi connectivity index (χ1) is 6.24. The molecular weight excluding hydrogens is 277 g/mol. The Kier molecular flexibility index (Phi) is 2.11. The molecule has 2 aromatic rings. The number of para-hydroxylation sites is 1. The SMILES string of the molecule is Cn1cc(I)c2cccc(C=O)c21. The summed E-state index contributed by atoms with van der Waals surface area (Å²) in [5.74, 6) is 0. The minimum absolute atomic E-state index is 0.753. The van der Waals surface area contributed by atoms with Gasteiger partial charge in [0.1, 0.15) is 0 Å². The molecule has 0 spiro atoms. The lowest BCUT2D eigenvalue weighted by Crippen LogP contribution is -1.89. The van der Waals surface area contributed by atoms with E-state index < -0.39 is 0 Å². The van der Waals surface area contributed by atoms with Gasteiger partial charge in [0.05, 0.1) is 5.52 Å². The van der Waals surface area contributed by atoms with Gasteiger partial charge in [-0.25, -0.2) is 0 Å². The first kappa shape index (κ1) is 8.74.